The van der Waals surface area contributed by atoms with E-state index in [1.165, 1.54) is 0 Å². The molecule has 7 heteroatoms. The van der Waals surface area contributed by atoms with E-state index in [1.807, 2.05) is 0 Å². The summed E-state index contributed by atoms with van der Waals surface area (Å²) in [5.41, 5.74) is 0. The summed E-state index contributed by atoms with van der Waals surface area (Å²) in [4.78, 5) is 11.5. The molecule has 1 saturated carbocycles. The summed E-state index contributed by atoms with van der Waals surface area (Å²) in [5.74, 6) is -0.326. The van der Waals surface area contributed by atoms with Gasteiger partial charge in [0.15, 0.2) is 6.29 Å². The SMILES string of the molecule is O=C(N[C@@H]1C(O)O[C@H](CO)[C@@H](O)[C@@H]1O)C1CC1. The van der Waals surface area contributed by atoms with E-state index in [0.717, 1.165) is 12.8 Å². The van der Waals surface area contributed by atoms with E-state index in [-0.39, 0.29) is 11.8 Å². The van der Waals surface area contributed by atoms with Gasteiger partial charge in [0.25, 0.3) is 0 Å². The third kappa shape index (κ3) is 2.58. The van der Waals surface area contributed by atoms with Gasteiger partial charge in [-0.25, -0.2) is 0 Å². The number of carbonyl (C=O) groups is 1. The maximum atomic E-state index is 11.5. The first-order valence-electron chi connectivity index (χ1n) is 5.65. The number of rotatable bonds is 3. The summed E-state index contributed by atoms with van der Waals surface area (Å²) < 4.78 is 4.91. The quantitative estimate of drug-likeness (QED) is 0.370. The average Bonchev–Trinajstić information content (AvgIpc) is 3.13. The third-order valence-corrected chi connectivity index (χ3v) is 3.16. The minimum atomic E-state index is -1.44. The fraction of sp³-hybridized carbons (Fsp3) is 0.900. The van der Waals surface area contributed by atoms with Crippen molar-refractivity contribution in [3.63, 3.8) is 0 Å². The highest BCUT2D eigenvalue weighted by Crippen LogP contribution is 2.29. The molecule has 2 rings (SSSR count). The fourth-order valence-electron chi connectivity index (χ4n) is 1.88. The van der Waals surface area contributed by atoms with Gasteiger partial charge in [-0.05, 0) is 12.8 Å². The number of hydrogen-bond acceptors (Lipinski definition) is 6. The molecule has 2 aliphatic rings. The monoisotopic (exact) mass is 247 g/mol. The van der Waals surface area contributed by atoms with Gasteiger partial charge in [0, 0.05) is 5.92 Å². The van der Waals surface area contributed by atoms with Gasteiger partial charge < -0.3 is 30.5 Å². The van der Waals surface area contributed by atoms with Crippen LogP contribution in [-0.4, -0.2) is 63.6 Å². The topological polar surface area (TPSA) is 119 Å². The molecular weight excluding hydrogens is 230 g/mol. The molecule has 7 nitrogen and oxygen atoms in total. The first-order valence-corrected chi connectivity index (χ1v) is 5.65. The predicted octanol–water partition coefficient (Wildman–Crippen LogP) is -2.69. The van der Waals surface area contributed by atoms with E-state index >= 15 is 0 Å². The number of hydrogen-bond donors (Lipinski definition) is 5. The zero-order chi connectivity index (χ0) is 12.6. The number of nitrogens with one attached hydrogen (secondary N) is 1. The highest BCUT2D eigenvalue weighted by atomic mass is 16.6. The standard InChI is InChI=1S/C10H17NO6/c12-3-5-7(13)8(14)6(10(16)17-5)11-9(15)4-1-2-4/h4-8,10,12-14,16H,1-3H2,(H,11,15)/t5-,6+,7-,8-,10?/m1/s1. The second kappa shape index (κ2) is 4.87. The Morgan fingerprint density at radius 1 is 1.24 bits per heavy atom. The Labute approximate surface area is 98.0 Å². The van der Waals surface area contributed by atoms with Gasteiger partial charge in [0.2, 0.25) is 5.91 Å². The third-order valence-electron chi connectivity index (χ3n) is 3.16. The molecule has 1 unspecified atom stereocenters. The predicted molar refractivity (Wildman–Crippen MR) is 54.6 cm³/mol. The summed E-state index contributed by atoms with van der Waals surface area (Å²) in [7, 11) is 0. The minimum Gasteiger partial charge on any atom is -0.394 e. The summed E-state index contributed by atoms with van der Waals surface area (Å²) in [6.45, 7) is -0.515. The van der Waals surface area contributed by atoms with Crippen LogP contribution in [0.3, 0.4) is 0 Å². The van der Waals surface area contributed by atoms with Crippen molar-refractivity contribution in [2.45, 2.75) is 43.5 Å². The zero-order valence-electron chi connectivity index (χ0n) is 9.19. The van der Waals surface area contributed by atoms with E-state index in [2.05, 4.69) is 5.32 Å². The summed E-state index contributed by atoms with van der Waals surface area (Å²) in [6.07, 6.45) is -3.59. The Morgan fingerprint density at radius 3 is 2.41 bits per heavy atom. The lowest BCUT2D eigenvalue weighted by Crippen LogP contribution is -2.64. The highest BCUT2D eigenvalue weighted by molar-refractivity contribution is 5.81. The van der Waals surface area contributed by atoms with Crippen LogP contribution >= 0.6 is 0 Å². The molecule has 0 radical (unpaired) electrons. The largest absolute Gasteiger partial charge is 0.394 e. The van der Waals surface area contributed by atoms with Gasteiger partial charge in [-0.3, -0.25) is 4.79 Å². The normalized spacial score (nSPS) is 42.2. The van der Waals surface area contributed by atoms with Crippen LogP contribution in [0.15, 0.2) is 0 Å². The summed E-state index contributed by atoms with van der Waals surface area (Å²) in [5, 5.41) is 40.2. The van der Waals surface area contributed by atoms with Crippen LogP contribution in [0.25, 0.3) is 0 Å². The Bertz CT molecular complexity index is 295. The number of ether oxygens (including phenoxy) is 1. The molecule has 1 amide bonds. The van der Waals surface area contributed by atoms with E-state index in [4.69, 9.17) is 9.84 Å². The Hall–Kier alpha value is -0.730. The van der Waals surface area contributed by atoms with Crippen molar-refractivity contribution < 1.29 is 30.0 Å². The lowest BCUT2D eigenvalue weighted by Gasteiger charge is -2.40. The molecule has 0 spiro atoms. The second-order valence-electron chi connectivity index (χ2n) is 4.54. The number of carbonyl (C=O) groups excluding carboxylic acids is 1. The lowest BCUT2D eigenvalue weighted by atomic mass is 9.97. The van der Waals surface area contributed by atoms with Gasteiger partial charge >= 0.3 is 0 Å². The van der Waals surface area contributed by atoms with Crippen LogP contribution in [0.1, 0.15) is 12.8 Å². The van der Waals surface area contributed by atoms with Crippen molar-refractivity contribution in [3.05, 3.63) is 0 Å². The summed E-state index contributed by atoms with van der Waals surface area (Å²) in [6, 6.07) is -1.07. The van der Waals surface area contributed by atoms with Crippen molar-refractivity contribution in [1.82, 2.24) is 5.32 Å². The molecular formula is C10H17NO6. The van der Waals surface area contributed by atoms with Crippen LogP contribution in [0.5, 0.6) is 0 Å². The van der Waals surface area contributed by atoms with Gasteiger partial charge in [-0.2, -0.15) is 0 Å². The molecule has 98 valence electrons. The second-order valence-corrected chi connectivity index (χ2v) is 4.54. The van der Waals surface area contributed by atoms with E-state index in [9.17, 15) is 20.1 Å². The van der Waals surface area contributed by atoms with Crippen molar-refractivity contribution in [2.75, 3.05) is 6.61 Å². The molecule has 5 N–H and O–H groups in total. The first-order chi connectivity index (χ1) is 8.04. The Morgan fingerprint density at radius 2 is 1.88 bits per heavy atom. The lowest BCUT2D eigenvalue weighted by molar-refractivity contribution is -0.253. The van der Waals surface area contributed by atoms with Gasteiger partial charge in [0.05, 0.1) is 6.61 Å². The van der Waals surface area contributed by atoms with Crippen molar-refractivity contribution in [2.24, 2.45) is 5.92 Å². The molecule has 2 fully saturated rings. The minimum absolute atomic E-state index is 0.0675. The molecule has 17 heavy (non-hydrogen) atoms. The fourth-order valence-corrected chi connectivity index (χ4v) is 1.88. The van der Waals surface area contributed by atoms with Crippen LogP contribution < -0.4 is 5.32 Å². The average molecular weight is 247 g/mol. The molecule has 5 atom stereocenters. The molecule has 1 aliphatic heterocycles. The molecule has 1 heterocycles. The molecule has 0 aromatic carbocycles. The maximum absolute atomic E-state index is 11.5. The van der Waals surface area contributed by atoms with Crippen LogP contribution in [0.4, 0.5) is 0 Å². The van der Waals surface area contributed by atoms with Crippen molar-refractivity contribution >= 4 is 5.91 Å². The summed E-state index contributed by atoms with van der Waals surface area (Å²) >= 11 is 0. The Balaban J connectivity index is 1.98. The van der Waals surface area contributed by atoms with E-state index < -0.39 is 37.3 Å². The van der Waals surface area contributed by atoms with Gasteiger partial charge in [0.1, 0.15) is 24.4 Å². The molecule has 0 aromatic rings. The van der Waals surface area contributed by atoms with Crippen LogP contribution in [0.2, 0.25) is 0 Å². The van der Waals surface area contributed by atoms with Crippen molar-refractivity contribution in [3.8, 4) is 0 Å². The maximum Gasteiger partial charge on any atom is 0.223 e. The smallest absolute Gasteiger partial charge is 0.223 e. The molecule has 1 aliphatic carbocycles. The van der Waals surface area contributed by atoms with Gasteiger partial charge in [-0.15, -0.1) is 0 Å². The zero-order valence-corrected chi connectivity index (χ0v) is 9.19. The van der Waals surface area contributed by atoms with E-state index in [0.29, 0.717) is 0 Å². The van der Waals surface area contributed by atoms with Gasteiger partial charge in [-0.1, -0.05) is 0 Å². The highest BCUT2D eigenvalue weighted by Gasteiger charge is 2.45. The molecule has 0 aromatic heterocycles. The van der Waals surface area contributed by atoms with Crippen molar-refractivity contribution in [1.29, 1.82) is 0 Å². The van der Waals surface area contributed by atoms with E-state index in [1.54, 1.807) is 0 Å². The first kappa shape index (κ1) is 12.7. The molecule has 1 saturated heterocycles. The number of aliphatic hydroxyl groups excluding tert-OH is 4. The molecule has 0 bridgehead atoms. The number of amides is 1. The van der Waals surface area contributed by atoms with Crippen LogP contribution in [-0.2, 0) is 9.53 Å². The Kier molecular flexibility index (Phi) is 3.64. The number of aliphatic hydroxyl groups is 4. The van der Waals surface area contributed by atoms with Crippen LogP contribution in [0, 0.1) is 5.92 Å².